The van der Waals surface area contributed by atoms with E-state index >= 15 is 0 Å². The lowest BCUT2D eigenvalue weighted by Crippen LogP contribution is -2.52. The van der Waals surface area contributed by atoms with Crippen molar-refractivity contribution in [3.63, 3.8) is 0 Å². The number of benzene rings is 1. The highest BCUT2D eigenvalue weighted by Gasteiger charge is 2.46. The number of hydrogen-bond acceptors (Lipinski definition) is 11. The number of rotatable bonds is 11. The van der Waals surface area contributed by atoms with Crippen LogP contribution in [0.4, 0.5) is 4.39 Å². The zero-order chi connectivity index (χ0) is 26.1. The van der Waals surface area contributed by atoms with Crippen LogP contribution in [-0.2, 0) is 14.3 Å². The van der Waals surface area contributed by atoms with Gasteiger partial charge in [0, 0.05) is 50.4 Å². The van der Waals surface area contributed by atoms with Gasteiger partial charge in [-0.2, -0.15) is 0 Å². The van der Waals surface area contributed by atoms with Gasteiger partial charge in [0.1, 0.15) is 24.6 Å². The van der Waals surface area contributed by atoms with E-state index in [1.165, 1.54) is 43.3 Å². The van der Waals surface area contributed by atoms with E-state index in [-0.39, 0.29) is 18.5 Å². The average molecular weight is 513 g/mol. The van der Waals surface area contributed by atoms with Gasteiger partial charge in [-0.1, -0.05) is 0 Å². The average Bonchev–Trinajstić information content (AvgIpc) is 3.23. The Morgan fingerprint density at radius 2 is 2.00 bits per heavy atom. The summed E-state index contributed by atoms with van der Waals surface area (Å²) in [5.74, 6) is 0.543. The summed E-state index contributed by atoms with van der Waals surface area (Å²) in [5.41, 5.74) is 1.04. The number of carbonyl (C=O) groups is 2. The summed E-state index contributed by atoms with van der Waals surface area (Å²) < 4.78 is 25.6. The van der Waals surface area contributed by atoms with Gasteiger partial charge in [-0.05, 0) is 55.1 Å². The van der Waals surface area contributed by atoms with Gasteiger partial charge >= 0.3 is 0 Å². The second kappa shape index (κ2) is 17.1. The fourth-order valence-electron chi connectivity index (χ4n) is 3.35. The van der Waals surface area contributed by atoms with Gasteiger partial charge in [-0.15, -0.1) is 0 Å². The molecule has 1 aliphatic rings. The van der Waals surface area contributed by atoms with Gasteiger partial charge in [0.25, 0.3) is 0 Å². The van der Waals surface area contributed by atoms with Crippen molar-refractivity contribution >= 4 is 25.0 Å². The fourth-order valence-corrected chi connectivity index (χ4v) is 4.51. The third kappa shape index (κ3) is 9.61. The van der Waals surface area contributed by atoms with E-state index < -0.39 is 5.54 Å². The first-order valence-corrected chi connectivity index (χ1v) is 11.5. The predicted molar refractivity (Wildman–Crippen MR) is 130 cm³/mol. The Balaban J connectivity index is 0.00000114. The summed E-state index contributed by atoms with van der Waals surface area (Å²) >= 11 is 1.40. The summed E-state index contributed by atoms with van der Waals surface area (Å²) in [7, 11) is 3.06. The maximum atomic E-state index is 13.0. The van der Waals surface area contributed by atoms with Crippen molar-refractivity contribution in [1.82, 2.24) is 20.1 Å². The largest absolute Gasteiger partial charge is 0.439 e. The minimum absolute atomic E-state index is 0.0279. The summed E-state index contributed by atoms with van der Waals surface area (Å²) in [4.78, 5) is 25.2. The SMILES string of the molecule is C=O.CNO.COCCNCC1(C=O)CCC(CO)N1Sc1ccc(Oc2ccc(F)cc2)nc1. The van der Waals surface area contributed by atoms with Gasteiger partial charge in [-0.25, -0.2) is 19.2 Å². The minimum atomic E-state index is -0.713. The molecule has 0 aliphatic carbocycles. The number of nitrogens with one attached hydrogen (secondary N) is 2. The van der Waals surface area contributed by atoms with Crippen LogP contribution in [0.3, 0.4) is 0 Å². The van der Waals surface area contributed by atoms with E-state index in [1.54, 1.807) is 24.9 Å². The van der Waals surface area contributed by atoms with E-state index in [2.05, 4.69) is 10.3 Å². The molecule has 10 nitrogen and oxygen atoms in total. The van der Waals surface area contributed by atoms with Crippen LogP contribution in [0.2, 0.25) is 0 Å². The van der Waals surface area contributed by atoms with Crippen LogP contribution in [0, 0.1) is 5.82 Å². The van der Waals surface area contributed by atoms with Crippen molar-refractivity contribution in [3.05, 3.63) is 48.4 Å². The van der Waals surface area contributed by atoms with Crippen LogP contribution < -0.4 is 15.5 Å². The lowest BCUT2D eigenvalue weighted by Gasteiger charge is -2.35. The van der Waals surface area contributed by atoms with Crippen LogP contribution in [-0.4, -0.2) is 84.7 Å². The zero-order valence-corrected chi connectivity index (χ0v) is 20.7. The van der Waals surface area contributed by atoms with Crippen LogP contribution in [0.1, 0.15) is 12.8 Å². The molecule has 0 saturated carbocycles. The van der Waals surface area contributed by atoms with E-state index in [4.69, 9.17) is 19.5 Å². The van der Waals surface area contributed by atoms with Gasteiger partial charge in [-0.3, -0.25) is 0 Å². The molecule has 1 fully saturated rings. The van der Waals surface area contributed by atoms with Gasteiger partial charge in [0.2, 0.25) is 5.88 Å². The molecule has 0 bridgehead atoms. The van der Waals surface area contributed by atoms with E-state index in [0.29, 0.717) is 37.7 Å². The molecule has 12 heteroatoms. The fraction of sp³-hybridized carbons (Fsp3) is 0.435. The molecule has 2 heterocycles. The molecule has 2 unspecified atom stereocenters. The van der Waals surface area contributed by atoms with Crippen molar-refractivity contribution in [2.75, 3.05) is 40.5 Å². The van der Waals surface area contributed by atoms with Gasteiger partial charge in [0.15, 0.2) is 0 Å². The lowest BCUT2D eigenvalue weighted by molar-refractivity contribution is -0.115. The molecule has 1 aromatic heterocycles. The maximum Gasteiger partial charge on any atom is 0.219 e. The predicted octanol–water partition coefficient (Wildman–Crippen LogP) is 2.06. The molecule has 4 N–H and O–H groups in total. The second-order valence-electron chi connectivity index (χ2n) is 7.29. The number of aldehydes is 1. The highest BCUT2D eigenvalue weighted by atomic mass is 32.2. The highest BCUT2D eigenvalue weighted by molar-refractivity contribution is 7.97. The Morgan fingerprint density at radius 3 is 2.54 bits per heavy atom. The third-order valence-corrected chi connectivity index (χ3v) is 6.29. The van der Waals surface area contributed by atoms with Gasteiger partial charge in [0.05, 0.1) is 18.8 Å². The van der Waals surface area contributed by atoms with Crippen molar-refractivity contribution in [3.8, 4) is 11.6 Å². The monoisotopic (exact) mass is 512 g/mol. The summed E-state index contributed by atoms with van der Waals surface area (Å²) in [5, 5.41) is 20.4. The molecule has 0 radical (unpaired) electrons. The van der Waals surface area contributed by atoms with Crippen LogP contribution in [0.25, 0.3) is 0 Å². The van der Waals surface area contributed by atoms with E-state index in [1.807, 2.05) is 17.2 Å². The van der Waals surface area contributed by atoms with E-state index in [0.717, 1.165) is 17.6 Å². The molecule has 0 spiro atoms. The standard InChI is InChI=1S/C21H26FN3O4S.CH5NO.CH2O/c1-28-11-10-23-14-21(15-27)9-8-17(13-26)25(21)30-19-6-7-20(24-12-19)29-18-4-2-16(22)3-5-18;1-2-3;1-2/h2-7,12,15,17,23,26H,8-11,13-14H2,1H3;2-3H,1H3;1H2. The summed E-state index contributed by atoms with van der Waals surface area (Å²) in [6, 6.07) is 9.14. The molecule has 2 atom stereocenters. The molecule has 1 aromatic carbocycles. The first kappa shape index (κ1) is 30.6. The second-order valence-corrected chi connectivity index (χ2v) is 8.34. The maximum absolute atomic E-state index is 13.0. The number of pyridine rings is 1. The first-order valence-electron chi connectivity index (χ1n) is 10.7. The van der Waals surface area contributed by atoms with E-state index in [9.17, 15) is 14.3 Å². The molecule has 1 aliphatic heterocycles. The molecular weight excluding hydrogens is 479 g/mol. The van der Waals surface area contributed by atoms with Crippen molar-refractivity contribution < 1.29 is 33.8 Å². The highest BCUT2D eigenvalue weighted by Crippen LogP contribution is 2.41. The molecule has 35 heavy (non-hydrogen) atoms. The first-order chi connectivity index (χ1) is 17.0. The smallest absolute Gasteiger partial charge is 0.219 e. The molecule has 1 saturated heterocycles. The number of aromatic nitrogens is 1. The van der Waals surface area contributed by atoms with Crippen LogP contribution in [0.15, 0.2) is 47.5 Å². The number of nitrogens with zero attached hydrogens (tertiary/aromatic N) is 2. The lowest BCUT2D eigenvalue weighted by atomic mass is 9.99. The summed E-state index contributed by atoms with van der Waals surface area (Å²) in [6.07, 6.45) is 4.01. The Morgan fingerprint density at radius 1 is 1.31 bits per heavy atom. The van der Waals surface area contributed by atoms with Crippen LogP contribution in [0.5, 0.6) is 11.6 Å². The number of halogens is 1. The quantitative estimate of drug-likeness (QED) is 0.153. The Labute approximate surface area is 208 Å². The number of carbonyl (C=O) groups excluding carboxylic acids is 2. The number of methoxy groups -OCH3 is 1. The molecular formula is C23H33FN4O6S. The van der Waals surface area contributed by atoms with Crippen molar-refractivity contribution in [2.24, 2.45) is 0 Å². The van der Waals surface area contributed by atoms with Crippen LogP contribution >= 0.6 is 11.9 Å². The normalized spacial score (nSPS) is 19.2. The number of ether oxygens (including phenoxy) is 2. The Kier molecular flexibility index (Phi) is 14.9. The molecule has 3 rings (SSSR count). The number of aliphatic hydroxyl groups excluding tert-OH is 1. The number of hydroxylamine groups is 1. The Hall–Kier alpha value is -2.45. The van der Waals surface area contributed by atoms with Crippen molar-refractivity contribution in [2.45, 2.75) is 29.3 Å². The zero-order valence-electron chi connectivity index (χ0n) is 19.9. The molecule has 0 amide bonds. The summed E-state index contributed by atoms with van der Waals surface area (Å²) in [6.45, 7) is 3.65. The number of hydrogen-bond donors (Lipinski definition) is 4. The number of aliphatic hydroxyl groups is 1. The third-order valence-electron chi connectivity index (χ3n) is 4.97. The Bertz CT molecular complexity index is 849. The minimum Gasteiger partial charge on any atom is -0.439 e. The molecule has 194 valence electrons. The topological polar surface area (TPSA) is 133 Å². The van der Waals surface area contributed by atoms with Gasteiger partial charge < -0.3 is 34.7 Å². The van der Waals surface area contributed by atoms with Crippen molar-refractivity contribution in [1.29, 1.82) is 0 Å². The molecule has 2 aromatic rings.